The molecule has 4 atom stereocenters. The van der Waals surface area contributed by atoms with Crippen LogP contribution in [0, 0.1) is 11.8 Å². The third kappa shape index (κ3) is 3.62. The number of hydrogen-bond acceptors (Lipinski definition) is 5. The van der Waals surface area contributed by atoms with Gasteiger partial charge in [0.15, 0.2) is 0 Å². The molecule has 0 saturated carbocycles. The summed E-state index contributed by atoms with van der Waals surface area (Å²) in [6.07, 6.45) is -0.240. The van der Waals surface area contributed by atoms with E-state index in [9.17, 15) is 14.7 Å². The second-order valence-corrected chi connectivity index (χ2v) is 6.76. The quantitative estimate of drug-likeness (QED) is 0.693. The van der Waals surface area contributed by atoms with E-state index < -0.39 is 12.0 Å². The third-order valence-electron chi connectivity index (χ3n) is 5.22. The van der Waals surface area contributed by atoms with Gasteiger partial charge in [0.25, 0.3) is 0 Å². The molecule has 7 heteroatoms. The molecule has 2 heterocycles. The fourth-order valence-corrected chi connectivity index (χ4v) is 3.65. The third-order valence-corrected chi connectivity index (χ3v) is 5.22. The number of amides is 2. The van der Waals surface area contributed by atoms with E-state index in [2.05, 4.69) is 10.6 Å². The van der Waals surface area contributed by atoms with Gasteiger partial charge in [-0.15, -0.1) is 0 Å². The van der Waals surface area contributed by atoms with E-state index in [1.807, 2.05) is 24.3 Å². The Kier molecular flexibility index (Phi) is 5.24. The Morgan fingerprint density at radius 3 is 2.68 bits per heavy atom. The van der Waals surface area contributed by atoms with Crippen molar-refractivity contribution in [2.24, 2.45) is 11.8 Å². The molecule has 2 amide bonds. The molecule has 1 aromatic carbocycles. The van der Waals surface area contributed by atoms with Crippen LogP contribution in [0.4, 0.5) is 0 Å². The predicted molar refractivity (Wildman–Crippen MR) is 92.0 cm³/mol. The molecule has 0 spiro atoms. The number of ether oxygens (including phenoxy) is 1. The average Bonchev–Trinajstić information content (AvgIpc) is 3.16. The molecule has 2 saturated heterocycles. The molecule has 136 valence electrons. The molecule has 25 heavy (non-hydrogen) atoms. The molecular weight excluding hydrogens is 322 g/mol. The van der Waals surface area contributed by atoms with Crippen molar-refractivity contribution < 1.29 is 19.4 Å². The van der Waals surface area contributed by atoms with Gasteiger partial charge in [-0.05, 0) is 17.7 Å². The Morgan fingerprint density at radius 1 is 1.36 bits per heavy atom. The van der Waals surface area contributed by atoms with Gasteiger partial charge in [0.1, 0.15) is 5.75 Å². The van der Waals surface area contributed by atoms with Gasteiger partial charge in [-0.2, -0.15) is 0 Å². The number of nitrogens with zero attached hydrogens (tertiary/aromatic N) is 1. The van der Waals surface area contributed by atoms with Gasteiger partial charge < -0.3 is 25.4 Å². The van der Waals surface area contributed by atoms with Crippen LogP contribution in [0.25, 0.3) is 0 Å². The molecule has 0 bridgehead atoms. The van der Waals surface area contributed by atoms with Crippen LogP contribution in [0.3, 0.4) is 0 Å². The molecule has 0 aliphatic carbocycles. The summed E-state index contributed by atoms with van der Waals surface area (Å²) in [7, 11) is 3.33. The fourth-order valence-electron chi connectivity index (χ4n) is 3.65. The molecular formula is C18H25N3O4. The number of aliphatic hydroxyl groups is 1. The van der Waals surface area contributed by atoms with E-state index >= 15 is 0 Å². The molecule has 0 radical (unpaired) electrons. The van der Waals surface area contributed by atoms with Gasteiger partial charge >= 0.3 is 0 Å². The van der Waals surface area contributed by atoms with Crippen molar-refractivity contribution in [3.05, 3.63) is 29.8 Å². The zero-order valence-electron chi connectivity index (χ0n) is 14.6. The minimum absolute atomic E-state index is 0.0122. The molecule has 2 aliphatic heterocycles. The predicted octanol–water partition coefficient (Wildman–Crippen LogP) is -0.0889. The molecule has 7 nitrogen and oxygen atoms in total. The van der Waals surface area contributed by atoms with Crippen molar-refractivity contribution in [3.63, 3.8) is 0 Å². The number of benzene rings is 1. The number of carbonyl (C=O) groups is 2. The Bertz CT molecular complexity index is 634. The lowest BCUT2D eigenvalue weighted by atomic mass is 9.92. The molecule has 0 aromatic heterocycles. The largest absolute Gasteiger partial charge is 0.497 e. The number of nitrogens with one attached hydrogen (secondary N) is 2. The first-order valence-electron chi connectivity index (χ1n) is 8.57. The summed E-state index contributed by atoms with van der Waals surface area (Å²) < 4.78 is 5.17. The summed E-state index contributed by atoms with van der Waals surface area (Å²) in [5, 5.41) is 15.9. The monoisotopic (exact) mass is 347 g/mol. The van der Waals surface area contributed by atoms with Crippen molar-refractivity contribution in [3.8, 4) is 5.75 Å². The first-order chi connectivity index (χ1) is 12.0. The molecule has 4 unspecified atom stereocenters. The summed E-state index contributed by atoms with van der Waals surface area (Å²) in [4.78, 5) is 26.5. The van der Waals surface area contributed by atoms with Gasteiger partial charge in [-0.25, -0.2) is 0 Å². The smallest absolute Gasteiger partial charge is 0.226 e. The van der Waals surface area contributed by atoms with E-state index in [1.54, 1.807) is 19.1 Å². The van der Waals surface area contributed by atoms with Crippen LogP contribution in [-0.2, 0) is 9.59 Å². The van der Waals surface area contributed by atoms with Crippen molar-refractivity contribution in [1.29, 1.82) is 0 Å². The summed E-state index contributed by atoms with van der Waals surface area (Å²) in [5.74, 6) is 0.135. The van der Waals surface area contributed by atoms with Crippen LogP contribution in [0.2, 0.25) is 0 Å². The number of rotatable bonds is 5. The van der Waals surface area contributed by atoms with Gasteiger partial charge in [0, 0.05) is 39.0 Å². The van der Waals surface area contributed by atoms with E-state index in [-0.39, 0.29) is 30.2 Å². The topological polar surface area (TPSA) is 90.9 Å². The lowest BCUT2D eigenvalue weighted by Gasteiger charge is -2.25. The van der Waals surface area contributed by atoms with Crippen molar-refractivity contribution in [2.75, 3.05) is 33.8 Å². The maximum atomic E-state index is 12.7. The Morgan fingerprint density at radius 2 is 2.08 bits per heavy atom. The van der Waals surface area contributed by atoms with Gasteiger partial charge in [0.05, 0.1) is 25.2 Å². The maximum Gasteiger partial charge on any atom is 0.226 e. The Labute approximate surface area is 147 Å². The number of methoxy groups -OCH3 is 1. The highest BCUT2D eigenvalue weighted by atomic mass is 16.5. The minimum atomic E-state index is -0.439. The summed E-state index contributed by atoms with van der Waals surface area (Å²) >= 11 is 0. The lowest BCUT2D eigenvalue weighted by Crippen LogP contribution is -2.39. The number of aliphatic hydroxyl groups excluding tert-OH is 1. The number of β-amino-alcohol motifs (C(OH)–C–C–N with tert-alkyl or cyclic N) is 1. The van der Waals surface area contributed by atoms with E-state index in [0.29, 0.717) is 19.6 Å². The number of likely N-dealkylation sites (tertiary alicyclic amines) is 1. The number of carbonyl (C=O) groups excluding carboxylic acids is 2. The van der Waals surface area contributed by atoms with Gasteiger partial charge in [0.2, 0.25) is 11.8 Å². The molecule has 1 aromatic rings. The van der Waals surface area contributed by atoms with E-state index in [0.717, 1.165) is 11.3 Å². The van der Waals surface area contributed by atoms with E-state index in [4.69, 9.17) is 4.74 Å². The summed E-state index contributed by atoms with van der Waals surface area (Å²) in [6.45, 7) is 1.66. The van der Waals surface area contributed by atoms with Crippen molar-refractivity contribution in [2.45, 2.75) is 18.6 Å². The zero-order chi connectivity index (χ0) is 18.0. The van der Waals surface area contributed by atoms with Crippen LogP contribution < -0.4 is 15.4 Å². The van der Waals surface area contributed by atoms with Gasteiger partial charge in [-0.1, -0.05) is 12.1 Å². The second-order valence-electron chi connectivity index (χ2n) is 6.76. The van der Waals surface area contributed by atoms with Crippen molar-refractivity contribution >= 4 is 11.8 Å². The highest BCUT2D eigenvalue weighted by Gasteiger charge is 2.42. The van der Waals surface area contributed by atoms with Crippen LogP contribution in [0.15, 0.2) is 24.3 Å². The van der Waals surface area contributed by atoms with E-state index in [1.165, 1.54) is 0 Å². The minimum Gasteiger partial charge on any atom is -0.497 e. The SMILES string of the molecule is COc1ccc(C2C(C(=O)NCC3CNCC3O)CC(=O)N2C)cc1. The Balaban J connectivity index is 1.71. The standard InChI is InChI=1S/C18H25N3O4/c1-21-16(23)7-14(17(21)11-3-5-13(25-2)6-4-11)18(24)20-9-12-8-19-10-15(12)22/h3-6,12,14-15,17,19,22H,7-10H2,1-2H3,(H,20,24). The van der Waals surface area contributed by atoms with Gasteiger partial charge in [-0.3, -0.25) is 9.59 Å². The average molecular weight is 347 g/mol. The fraction of sp³-hybridized carbons (Fsp3) is 0.556. The zero-order valence-corrected chi connectivity index (χ0v) is 14.6. The van der Waals surface area contributed by atoms with Crippen LogP contribution in [0.1, 0.15) is 18.0 Å². The summed E-state index contributed by atoms with van der Waals surface area (Å²) in [5.41, 5.74) is 0.914. The highest BCUT2D eigenvalue weighted by molar-refractivity contribution is 5.90. The Hall–Kier alpha value is -2.12. The second kappa shape index (κ2) is 7.41. The molecule has 2 fully saturated rings. The molecule has 3 N–H and O–H groups in total. The van der Waals surface area contributed by atoms with Crippen molar-refractivity contribution in [1.82, 2.24) is 15.5 Å². The van der Waals surface area contributed by atoms with Crippen LogP contribution >= 0.6 is 0 Å². The number of hydrogen-bond donors (Lipinski definition) is 3. The lowest BCUT2D eigenvalue weighted by molar-refractivity contribution is -0.128. The normalized spacial score (nSPS) is 29.1. The highest BCUT2D eigenvalue weighted by Crippen LogP contribution is 2.37. The summed E-state index contributed by atoms with van der Waals surface area (Å²) in [6, 6.07) is 7.17. The molecule has 2 aliphatic rings. The maximum absolute atomic E-state index is 12.7. The first kappa shape index (κ1) is 17.7. The van der Waals surface area contributed by atoms with Crippen LogP contribution in [-0.4, -0.2) is 61.7 Å². The first-order valence-corrected chi connectivity index (χ1v) is 8.57. The van der Waals surface area contributed by atoms with Crippen LogP contribution in [0.5, 0.6) is 5.75 Å². The molecule has 3 rings (SSSR count).